The van der Waals surface area contributed by atoms with Gasteiger partial charge in [-0.15, -0.1) is 0 Å². The molecule has 11 nitrogen and oxygen atoms in total. The Hall–Kier alpha value is -2.72. The molecule has 2 rings (SSSR count). The molecule has 12 heteroatoms. The van der Waals surface area contributed by atoms with Crippen molar-refractivity contribution in [1.82, 2.24) is 10.3 Å². The van der Waals surface area contributed by atoms with Gasteiger partial charge in [0.1, 0.15) is 17.9 Å². The van der Waals surface area contributed by atoms with E-state index in [9.17, 15) is 14.7 Å². The summed E-state index contributed by atoms with van der Waals surface area (Å²) < 4.78 is 14.8. The molecule has 7 N–H and O–H groups in total. The number of ether oxygens (including phenoxy) is 1. The van der Waals surface area contributed by atoms with Crippen molar-refractivity contribution in [2.75, 3.05) is 12.3 Å². The van der Waals surface area contributed by atoms with Crippen LogP contribution in [-0.2, 0) is 9.36 Å². The zero-order valence-electron chi connectivity index (χ0n) is 17.9. The van der Waals surface area contributed by atoms with Gasteiger partial charge in [-0.05, 0) is 46.8 Å². The Bertz CT molecular complexity index is 1010. The molecule has 31 heavy (non-hydrogen) atoms. The lowest BCUT2D eigenvalue weighted by Crippen LogP contribution is -2.43. The normalized spacial score (nSPS) is 11.6. The summed E-state index contributed by atoms with van der Waals surface area (Å²) in [6, 6.07) is 5.22. The summed E-state index contributed by atoms with van der Waals surface area (Å²) in [5.74, 6) is -0.859. The van der Waals surface area contributed by atoms with Gasteiger partial charge in [0.25, 0.3) is 0 Å². The third-order valence-electron chi connectivity index (χ3n) is 4.03. The lowest BCUT2D eigenvalue weighted by Gasteiger charge is -2.25. The van der Waals surface area contributed by atoms with Crippen LogP contribution >= 0.6 is 7.82 Å². The van der Waals surface area contributed by atoms with Crippen LogP contribution in [-0.4, -0.2) is 49.3 Å². The highest BCUT2D eigenvalue weighted by Crippen LogP contribution is 2.34. The summed E-state index contributed by atoms with van der Waals surface area (Å²) in [6.45, 7) is 9.06. The largest absolute Gasteiger partial charge is 0.492 e. The number of aromatic nitrogens is 1. The van der Waals surface area contributed by atoms with Crippen LogP contribution in [0.3, 0.4) is 0 Å². The number of nitrogens with two attached hydrogens (primary N) is 1. The minimum Gasteiger partial charge on any atom is -0.492 e. The Morgan fingerprint density at radius 2 is 1.81 bits per heavy atom. The number of hydrogen-bond donors (Lipinski definition) is 6. The first-order valence-electron chi connectivity index (χ1n) is 9.18. The van der Waals surface area contributed by atoms with E-state index in [0.717, 1.165) is 0 Å². The van der Waals surface area contributed by atoms with Crippen molar-refractivity contribution in [2.24, 2.45) is 5.41 Å². The predicted octanol–water partition coefficient (Wildman–Crippen LogP) is 1.82. The Labute approximate surface area is 179 Å². The lowest BCUT2D eigenvalue weighted by atomic mass is 9.93. The third-order valence-corrected chi connectivity index (χ3v) is 4.03. The molecule has 0 aliphatic heterocycles. The van der Waals surface area contributed by atoms with Crippen molar-refractivity contribution in [1.29, 1.82) is 0 Å². The van der Waals surface area contributed by atoms with Crippen molar-refractivity contribution < 1.29 is 38.7 Å². The van der Waals surface area contributed by atoms with Crippen LogP contribution < -0.4 is 15.8 Å². The number of carboxylic acids is 1. The summed E-state index contributed by atoms with van der Waals surface area (Å²) in [5.41, 5.74) is 6.30. The number of carboxylic acid groups (broad SMARTS) is 1. The lowest BCUT2D eigenvalue weighted by molar-refractivity contribution is -0.131. The number of pyridine rings is 1. The first-order chi connectivity index (χ1) is 14.0. The Morgan fingerprint density at radius 3 is 2.29 bits per heavy atom. The fourth-order valence-electron chi connectivity index (χ4n) is 2.61. The number of carbonyl (C=O) groups excluding carboxylic acids is 1. The van der Waals surface area contributed by atoms with Gasteiger partial charge < -0.3 is 35.6 Å². The molecule has 1 aromatic carbocycles. The fourth-order valence-corrected chi connectivity index (χ4v) is 2.61. The van der Waals surface area contributed by atoms with E-state index in [1.807, 2.05) is 13.8 Å². The molecular weight excluding hydrogens is 429 g/mol. The third kappa shape index (κ3) is 7.80. The molecule has 0 radical (unpaired) electrons. The number of nitrogens with zero attached hydrogens (tertiary/aromatic N) is 1. The molecule has 1 amide bonds. The SMILES string of the molecule is Cc1nc2cccc(OCC(C)(C)C(=O)NC(C)C)c2c(N)c1C(=O)O.O=P(O)(O)O. The summed E-state index contributed by atoms with van der Waals surface area (Å²) in [7, 11) is -4.64. The van der Waals surface area contributed by atoms with Crippen molar-refractivity contribution >= 4 is 36.3 Å². The number of amides is 1. The molecule has 0 unspecified atom stereocenters. The Kier molecular flexibility index (Phi) is 8.54. The van der Waals surface area contributed by atoms with E-state index in [1.165, 1.54) is 0 Å². The van der Waals surface area contributed by atoms with Gasteiger partial charge in [-0.1, -0.05) is 6.07 Å². The summed E-state index contributed by atoms with van der Waals surface area (Å²) in [5, 5.41) is 12.7. The van der Waals surface area contributed by atoms with Crippen LogP contribution in [0.5, 0.6) is 5.75 Å². The highest BCUT2D eigenvalue weighted by molar-refractivity contribution is 7.45. The maximum absolute atomic E-state index is 12.3. The first-order valence-corrected chi connectivity index (χ1v) is 10.7. The minimum absolute atomic E-state index is 0.0280. The highest BCUT2D eigenvalue weighted by atomic mass is 31.2. The van der Waals surface area contributed by atoms with E-state index in [-0.39, 0.29) is 29.8 Å². The molecule has 0 bridgehead atoms. The molecular formula is C19H28N3O8P. The smallest absolute Gasteiger partial charge is 0.466 e. The molecule has 0 aliphatic rings. The molecule has 0 aliphatic carbocycles. The summed E-state index contributed by atoms with van der Waals surface area (Å²) in [6.07, 6.45) is 0. The maximum atomic E-state index is 12.3. The summed E-state index contributed by atoms with van der Waals surface area (Å²) in [4.78, 5) is 49.7. The second-order valence-electron chi connectivity index (χ2n) is 7.76. The van der Waals surface area contributed by atoms with Crippen LogP contribution in [0.2, 0.25) is 0 Å². The van der Waals surface area contributed by atoms with Gasteiger partial charge >= 0.3 is 13.8 Å². The zero-order chi connectivity index (χ0) is 24.1. The molecule has 1 aromatic heterocycles. The highest BCUT2D eigenvalue weighted by Gasteiger charge is 2.29. The molecule has 172 valence electrons. The van der Waals surface area contributed by atoms with Gasteiger partial charge in [-0.3, -0.25) is 9.78 Å². The van der Waals surface area contributed by atoms with Crippen LogP contribution in [0, 0.1) is 12.3 Å². The average Bonchev–Trinajstić information content (AvgIpc) is 2.57. The van der Waals surface area contributed by atoms with Gasteiger partial charge in [-0.2, -0.15) is 0 Å². The Morgan fingerprint density at radius 1 is 1.26 bits per heavy atom. The maximum Gasteiger partial charge on any atom is 0.466 e. The van der Waals surface area contributed by atoms with Crippen molar-refractivity contribution in [3.8, 4) is 5.75 Å². The average molecular weight is 457 g/mol. The number of hydrogen-bond acceptors (Lipinski definition) is 6. The van der Waals surface area contributed by atoms with Gasteiger partial charge in [0.2, 0.25) is 5.91 Å². The monoisotopic (exact) mass is 457 g/mol. The number of rotatable bonds is 6. The summed E-state index contributed by atoms with van der Waals surface area (Å²) >= 11 is 0. The number of anilines is 1. The van der Waals surface area contributed by atoms with E-state index in [0.29, 0.717) is 22.3 Å². The first kappa shape index (κ1) is 26.3. The molecule has 1 heterocycles. The van der Waals surface area contributed by atoms with E-state index < -0.39 is 19.2 Å². The van der Waals surface area contributed by atoms with Crippen molar-refractivity contribution in [2.45, 2.75) is 40.7 Å². The van der Waals surface area contributed by atoms with Gasteiger partial charge in [0.05, 0.1) is 27.7 Å². The number of carbonyl (C=O) groups is 2. The molecule has 0 spiro atoms. The molecule has 0 atom stereocenters. The molecule has 0 saturated heterocycles. The number of fused-ring (bicyclic) bond motifs is 1. The molecule has 2 aromatic rings. The van der Waals surface area contributed by atoms with E-state index in [1.54, 1.807) is 39.0 Å². The number of nitrogen functional groups attached to an aromatic ring is 1. The van der Waals surface area contributed by atoms with Crippen LogP contribution in [0.25, 0.3) is 10.9 Å². The number of benzene rings is 1. The molecule has 0 fully saturated rings. The molecule has 0 saturated carbocycles. The predicted molar refractivity (Wildman–Crippen MR) is 115 cm³/mol. The number of nitrogens with one attached hydrogen (secondary N) is 1. The second-order valence-corrected chi connectivity index (χ2v) is 8.78. The van der Waals surface area contributed by atoms with Gasteiger partial charge in [0.15, 0.2) is 0 Å². The minimum atomic E-state index is -4.64. The van der Waals surface area contributed by atoms with E-state index in [4.69, 9.17) is 29.7 Å². The number of aryl methyl sites for hydroxylation is 1. The van der Waals surface area contributed by atoms with E-state index >= 15 is 0 Å². The van der Waals surface area contributed by atoms with E-state index in [2.05, 4.69) is 10.3 Å². The topological polar surface area (TPSA) is 192 Å². The number of phosphoric acid groups is 1. The Balaban J connectivity index is 0.000000861. The van der Waals surface area contributed by atoms with Crippen LogP contribution in [0.15, 0.2) is 18.2 Å². The van der Waals surface area contributed by atoms with Crippen LogP contribution in [0.1, 0.15) is 43.7 Å². The van der Waals surface area contributed by atoms with Gasteiger partial charge in [0, 0.05) is 6.04 Å². The van der Waals surface area contributed by atoms with Crippen molar-refractivity contribution in [3.63, 3.8) is 0 Å². The second kappa shape index (κ2) is 10.1. The standard InChI is InChI=1S/C19H25N3O4.H3O4P/c1-10(2)21-18(25)19(4,5)9-26-13-8-6-7-12-15(13)16(20)14(17(23)24)11(3)22-12;1-5(2,3)4/h6-8,10H,9H2,1-5H3,(H2,20,22)(H,21,25)(H,23,24);(H3,1,2,3,4). The zero-order valence-corrected chi connectivity index (χ0v) is 18.8. The van der Waals surface area contributed by atoms with Crippen LogP contribution in [0.4, 0.5) is 5.69 Å². The van der Waals surface area contributed by atoms with Crippen molar-refractivity contribution in [3.05, 3.63) is 29.5 Å². The number of aromatic carboxylic acids is 1. The van der Waals surface area contributed by atoms with Gasteiger partial charge in [-0.25, -0.2) is 9.36 Å². The fraction of sp³-hybridized carbons (Fsp3) is 0.421. The quantitative estimate of drug-likeness (QED) is 0.349.